The molecule has 0 rings (SSSR count). The van der Waals surface area contributed by atoms with Crippen LogP contribution < -0.4 is 5.32 Å². The lowest BCUT2D eigenvalue weighted by molar-refractivity contribution is -0.0412. The number of alkyl carbamates (subject to hydrolysis) is 1. The summed E-state index contributed by atoms with van der Waals surface area (Å²) >= 11 is 0. The van der Waals surface area contributed by atoms with Crippen LogP contribution in [0.1, 0.15) is 34.1 Å². The van der Waals surface area contributed by atoms with Gasteiger partial charge in [-0.3, -0.25) is 0 Å². The predicted molar refractivity (Wildman–Crippen MR) is 70.5 cm³/mol. The fourth-order valence-corrected chi connectivity index (χ4v) is 1.50. The number of rotatable bonds is 6. The van der Waals surface area contributed by atoms with Gasteiger partial charge in [0.2, 0.25) is 0 Å². The lowest BCUT2D eigenvalue weighted by atomic mass is 9.93. The molecule has 0 aliphatic heterocycles. The zero-order valence-corrected chi connectivity index (χ0v) is 11.9. The van der Waals surface area contributed by atoms with Gasteiger partial charge in [0.15, 0.2) is 0 Å². The summed E-state index contributed by atoms with van der Waals surface area (Å²) in [7, 11) is 1.53. The largest absolute Gasteiger partial charge is 0.444 e. The van der Waals surface area contributed by atoms with E-state index in [0.717, 1.165) is 0 Å². The molecule has 0 spiro atoms. The van der Waals surface area contributed by atoms with Gasteiger partial charge in [-0.25, -0.2) is 4.79 Å². The van der Waals surface area contributed by atoms with Crippen molar-refractivity contribution in [1.29, 1.82) is 0 Å². The first-order chi connectivity index (χ1) is 8.18. The molecule has 1 unspecified atom stereocenters. The van der Waals surface area contributed by atoms with Crippen LogP contribution in [0.25, 0.3) is 0 Å². The normalized spacial score (nSPS) is 16.6. The van der Waals surface area contributed by atoms with Crippen molar-refractivity contribution in [2.24, 2.45) is 0 Å². The van der Waals surface area contributed by atoms with Gasteiger partial charge in [0, 0.05) is 7.11 Å². The molecule has 18 heavy (non-hydrogen) atoms. The van der Waals surface area contributed by atoms with Crippen molar-refractivity contribution in [3.63, 3.8) is 0 Å². The molecule has 2 N–H and O–H groups in total. The second-order valence-corrected chi connectivity index (χ2v) is 5.39. The average molecular weight is 259 g/mol. The van der Waals surface area contributed by atoms with E-state index in [0.29, 0.717) is 6.42 Å². The van der Waals surface area contributed by atoms with Crippen molar-refractivity contribution in [2.75, 3.05) is 13.7 Å². The maximum Gasteiger partial charge on any atom is 0.408 e. The van der Waals surface area contributed by atoms with Crippen molar-refractivity contribution < 1.29 is 19.4 Å². The smallest absolute Gasteiger partial charge is 0.408 e. The summed E-state index contributed by atoms with van der Waals surface area (Å²) in [5.41, 5.74) is -1.29. The Morgan fingerprint density at radius 3 is 2.33 bits per heavy atom. The van der Waals surface area contributed by atoms with Gasteiger partial charge in [-0.2, -0.15) is 0 Å². The number of nitrogens with one attached hydrogen (secondary N) is 1. The van der Waals surface area contributed by atoms with Crippen molar-refractivity contribution in [3.8, 4) is 0 Å². The van der Waals surface area contributed by atoms with E-state index >= 15 is 0 Å². The van der Waals surface area contributed by atoms with Gasteiger partial charge in [0.05, 0.1) is 18.2 Å². The summed E-state index contributed by atoms with van der Waals surface area (Å²) in [5, 5.41) is 12.0. The number of ether oxygens (including phenoxy) is 2. The first kappa shape index (κ1) is 16.9. The van der Waals surface area contributed by atoms with Crippen LogP contribution in [0.5, 0.6) is 0 Å². The Hall–Kier alpha value is -1.07. The van der Waals surface area contributed by atoms with Crippen LogP contribution in [0.4, 0.5) is 4.79 Å². The van der Waals surface area contributed by atoms with E-state index in [4.69, 9.17) is 9.47 Å². The summed E-state index contributed by atoms with van der Waals surface area (Å²) in [4.78, 5) is 11.7. The fourth-order valence-electron chi connectivity index (χ4n) is 1.50. The third-order valence-corrected chi connectivity index (χ3v) is 2.63. The van der Waals surface area contributed by atoms with Crippen LogP contribution >= 0.6 is 0 Å². The molecule has 5 heteroatoms. The highest BCUT2D eigenvalue weighted by atomic mass is 16.6. The molecule has 0 radical (unpaired) electrons. The second kappa shape index (κ2) is 6.75. The molecular weight excluding hydrogens is 234 g/mol. The number of methoxy groups -OCH3 is 1. The van der Waals surface area contributed by atoms with Crippen LogP contribution in [0, 0.1) is 0 Å². The standard InChI is InChI=1S/C13H25NO4/c1-7-8-13(5,17-6)10(9-15)14-11(16)18-12(2,3)4/h7,10,15H,1,8-9H2,2-6H3,(H,14,16)/t10-,13?/m1/s1. The molecule has 106 valence electrons. The molecule has 0 bridgehead atoms. The zero-order chi connectivity index (χ0) is 14.4. The van der Waals surface area contributed by atoms with E-state index in [1.54, 1.807) is 33.8 Å². The molecule has 0 heterocycles. The molecule has 1 amide bonds. The minimum atomic E-state index is -0.715. The Kier molecular flexibility index (Phi) is 6.35. The van der Waals surface area contributed by atoms with Crippen LogP contribution in [-0.2, 0) is 9.47 Å². The van der Waals surface area contributed by atoms with Gasteiger partial charge in [-0.05, 0) is 34.1 Å². The maximum absolute atomic E-state index is 11.7. The zero-order valence-electron chi connectivity index (χ0n) is 11.9. The quantitative estimate of drug-likeness (QED) is 0.714. The van der Waals surface area contributed by atoms with E-state index in [2.05, 4.69) is 11.9 Å². The number of aliphatic hydroxyl groups excluding tert-OH is 1. The van der Waals surface area contributed by atoms with Crippen LogP contribution in [-0.4, -0.2) is 42.2 Å². The summed E-state index contributed by atoms with van der Waals surface area (Å²) in [6, 6.07) is -0.560. The SMILES string of the molecule is C=CCC(C)(OC)[C@@H](CO)NC(=O)OC(C)(C)C. The third kappa shape index (κ3) is 5.51. The maximum atomic E-state index is 11.7. The Bertz CT molecular complexity index is 285. The van der Waals surface area contributed by atoms with Crippen molar-refractivity contribution >= 4 is 6.09 Å². The number of carbonyl (C=O) groups is 1. The molecule has 0 aliphatic carbocycles. The number of carbonyl (C=O) groups excluding carboxylic acids is 1. The Balaban J connectivity index is 4.68. The molecular formula is C13H25NO4. The monoisotopic (exact) mass is 259 g/mol. The third-order valence-electron chi connectivity index (χ3n) is 2.63. The van der Waals surface area contributed by atoms with Gasteiger partial charge in [-0.1, -0.05) is 6.08 Å². The highest BCUT2D eigenvalue weighted by molar-refractivity contribution is 5.68. The summed E-state index contributed by atoms with van der Waals surface area (Å²) in [6.07, 6.45) is 1.61. The van der Waals surface area contributed by atoms with Gasteiger partial charge >= 0.3 is 6.09 Å². The topological polar surface area (TPSA) is 67.8 Å². The summed E-state index contributed by atoms with van der Waals surface area (Å²) < 4.78 is 10.5. The van der Waals surface area contributed by atoms with Crippen molar-refractivity contribution in [1.82, 2.24) is 5.32 Å². The Labute approximate surface area is 109 Å². The van der Waals surface area contributed by atoms with Crippen LogP contribution in [0.15, 0.2) is 12.7 Å². The Morgan fingerprint density at radius 1 is 1.44 bits per heavy atom. The van der Waals surface area contributed by atoms with E-state index in [1.807, 2.05) is 0 Å². The highest BCUT2D eigenvalue weighted by Crippen LogP contribution is 2.20. The van der Waals surface area contributed by atoms with E-state index < -0.39 is 23.3 Å². The van der Waals surface area contributed by atoms with Crippen molar-refractivity contribution in [2.45, 2.75) is 51.4 Å². The number of amides is 1. The molecule has 2 atom stereocenters. The molecule has 0 aromatic rings. The highest BCUT2D eigenvalue weighted by Gasteiger charge is 2.35. The van der Waals surface area contributed by atoms with Gasteiger partial charge in [0.1, 0.15) is 5.60 Å². The van der Waals surface area contributed by atoms with Crippen LogP contribution in [0.3, 0.4) is 0 Å². The molecule has 0 aromatic carbocycles. The number of hydrogen-bond donors (Lipinski definition) is 2. The van der Waals surface area contributed by atoms with Gasteiger partial charge < -0.3 is 19.9 Å². The lowest BCUT2D eigenvalue weighted by Gasteiger charge is -2.35. The minimum Gasteiger partial charge on any atom is -0.444 e. The van der Waals surface area contributed by atoms with E-state index in [9.17, 15) is 9.90 Å². The Morgan fingerprint density at radius 2 is 2.00 bits per heavy atom. The minimum absolute atomic E-state index is 0.239. The van der Waals surface area contributed by atoms with Gasteiger partial charge in [-0.15, -0.1) is 6.58 Å². The first-order valence-electron chi connectivity index (χ1n) is 5.95. The van der Waals surface area contributed by atoms with E-state index in [1.165, 1.54) is 7.11 Å². The summed E-state index contributed by atoms with van der Waals surface area (Å²) in [6.45, 7) is 10.5. The predicted octanol–water partition coefficient (Wildman–Crippen LogP) is 1.85. The molecule has 0 aromatic heterocycles. The van der Waals surface area contributed by atoms with Crippen LogP contribution in [0.2, 0.25) is 0 Å². The van der Waals surface area contributed by atoms with E-state index in [-0.39, 0.29) is 6.61 Å². The second-order valence-electron chi connectivity index (χ2n) is 5.39. The number of aliphatic hydroxyl groups is 1. The molecule has 0 saturated heterocycles. The fraction of sp³-hybridized carbons (Fsp3) is 0.769. The lowest BCUT2D eigenvalue weighted by Crippen LogP contribution is -2.54. The summed E-state index contributed by atoms with van der Waals surface area (Å²) in [5.74, 6) is 0. The molecule has 0 fully saturated rings. The molecule has 0 saturated carbocycles. The first-order valence-corrected chi connectivity index (χ1v) is 5.95. The van der Waals surface area contributed by atoms with Gasteiger partial charge in [0.25, 0.3) is 0 Å². The number of hydrogen-bond acceptors (Lipinski definition) is 4. The molecule has 0 aliphatic rings. The average Bonchev–Trinajstić information content (AvgIpc) is 2.23. The molecule has 5 nitrogen and oxygen atoms in total. The van der Waals surface area contributed by atoms with Crippen molar-refractivity contribution in [3.05, 3.63) is 12.7 Å².